The highest BCUT2D eigenvalue weighted by atomic mass is 35.5. The maximum atomic E-state index is 14.3. The van der Waals surface area contributed by atoms with Gasteiger partial charge in [-0.25, -0.2) is 9.37 Å². The molecule has 1 amide bonds. The zero-order valence-corrected chi connectivity index (χ0v) is 27.4. The lowest BCUT2D eigenvalue weighted by Gasteiger charge is -2.58. The SMILES string of the molecule is CCN(C(=O)c1cc(F)ccc1Oc1nncnc1N1CC2(CC(Oc3ccnc4c3CN(CC3CNC3)CC4)C2)C1)C(C)C.Cl. The summed E-state index contributed by atoms with van der Waals surface area (Å²) in [7, 11) is 0. The fraction of sp³-hybridized carbons (Fsp3) is 0.545. The Morgan fingerprint density at radius 3 is 2.70 bits per heavy atom. The number of pyridine rings is 1. The van der Waals surface area contributed by atoms with E-state index in [1.54, 1.807) is 4.90 Å². The molecule has 1 saturated carbocycles. The van der Waals surface area contributed by atoms with Gasteiger partial charge in [0.05, 0.1) is 5.56 Å². The van der Waals surface area contributed by atoms with Crippen molar-refractivity contribution in [1.82, 2.24) is 35.3 Å². The normalized spacial score (nSPS) is 19.0. The molecule has 0 bridgehead atoms. The van der Waals surface area contributed by atoms with Crippen LogP contribution in [0.2, 0.25) is 0 Å². The number of halogens is 2. The highest BCUT2D eigenvalue weighted by Gasteiger charge is 2.54. The number of amides is 1. The summed E-state index contributed by atoms with van der Waals surface area (Å²) in [6.07, 6.45) is 6.34. The van der Waals surface area contributed by atoms with Gasteiger partial charge < -0.3 is 24.6 Å². The van der Waals surface area contributed by atoms with E-state index in [9.17, 15) is 9.18 Å². The number of anilines is 1. The van der Waals surface area contributed by atoms with Crippen LogP contribution in [0.5, 0.6) is 17.4 Å². The van der Waals surface area contributed by atoms with Crippen LogP contribution in [0.25, 0.3) is 0 Å². The van der Waals surface area contributed by atoms with Crippen LogP contribution < -0.4 is 19.7 Å². The molecular formula is C33H42ClFN8O3. The van der Waals surface area contributed by atoms with Crippen molar-refractivity contribution in [1.29, 1.82) is 0 Å². The molecule has 1 N–H and O–H groups in total. The van der Waals surface area contributed by atoms with E-state index in [1.807, 2.05) is 33.0 Å². The molecule has 0 unspecified atom stereocenters. The molecule has 7 rings (SSSR count). The zero-order valence-electron chi connectivity index (χ0n) is 26.6. The molecule has 1 spiro atoms. The third-order valence-electron chi connectivity index (χ3n) is 9.67. The summed E-state index contributed by atoms with van der Waals surface area (Å²) in [6.45, 7) is 13.1. The van der Waals surface area contributed by atoms with E-state index in [0.717, 1.165) is 76.7 Å². The number of carbonyl (C=O) groups is 1. The Hall–Kier alpha value is -3.61. The van der Waals surface area contributed by atoms with Gasteiger partial charge in [-0.2, -0.15) is 0 Å². The van der Waals surface area contributed by atoms with Gasteiger partial charge in [0.15, 0.2) is 5.82 Å². The van der Waals surface area contributed by atoms with E-state index in [0.29, 0.717) is 12.4 Å². The maximum absolute atomic E-state index is 14.3. The lowest BCUT2D eigenvalue weighted by atomic mass is 9.61. The Morgan fingerprint density at radius 2 is 1.98 bits per heavy atom. The van der Waals surface area contributed by atoms with Gasteiger partial charge in [-0.1, -0.05) is 0 Å². The first-order valence-electron chi connectivity index (χ1n) is 16.1. The molecule has 13 heteroatoms. The van der Waals surface area contributed by atoms with Crippen molar-refractivity contribution < 1.29 is 18.7 Å². The molecule has 246 valence electrons. The summed E-state index contributed by atoms with van der Waals surface area (Å²) in [5.41, 5.74) is 2.71. The highest BCUT2D eigenvalue weighted by molar-refractivity contribution is 5.97. The number of ether oxygens (including phenoxy) is 2. The topological polar surface area (TPSA) is 109 Å². The second-order valence-corrected chi connectivity index (χ2v) is 13.3. The van der Waals surface area contributed by atoms with E-state index in [4.69, 9.17) is 9.47 Å². The van der Waals surface area contributed by atoms with Crippen LogP contribution in [0, 0.1) is 17.2 Å². The Kier molecular flexibility index (Phi) is 9.31. The van der Waals surface area contributed by atoms with E-state index in [-0.39, 0.29) is 53.1 Å². The molecule has 2 aromatic heterocycles. The van der Waals surface area contributed by atoms with Crippen molar-refractivity contribution in [3.63, 3.8) is 0 Å². The fourth-order valence-corrected chi connectivity index (χ4v) is 7.22. The van der Waals surface area contributed by atoms with E-state index in [2.05, 4.69) is 35.3 Å². The summed E-state index contributed by atoms with van der Waals surface area (Å²) >= 11 is 0. The molecule has 0 radical (unpaired) electrons. The van der Waals surface area contributed by atoms with Crippen molar-refractivity contribution in [2.45, 2.75) is 58.7 Å². The Morgan fingerprint density at radius 1 is 1.17 bits per heavy atom. The van der Waals surface area contributed by atoms with Gasteiger partial charge in [-0.15, -0.1) is 22.6 Å². The molecule has 0 atom stereocenters. The average Bonchev–Trinajstić information content (AvgIpc) is 2.97. The molecule has 3 fully saturated rings. The standard InChI is InChI=1S/C33H41FN8O3.ClH/c1-4-42(21(2)3)32(43)25-11-23(34)5-6-28(25)45-31-30(37-20-38-39-31)41-18-33(19-41)12-24(13-33)44-29-7-9-36-27-8-10-40(17-26(27)29)16-22-14-35-15-22;/h5-7,9,11,20-22,24,35H,4,8,10,12-19H2,1-3H3;1H. The average molecular weight is 653 g/mol. The number of nitrogens with one attached hydrogen (secondary N) is 1. The molecule has 11 nitrogen and oxygen atoms in total. The van der Waals surface area contributed by atoms with Crippen LogP contribution in [-0.2, 0) is 13.0 Å². The monoisotopic (exact) mass is 652 g/mol. The number of nitrogens with zero attached hydrogens (tertiary/aromatic N) is 7. The molecule has 1 aromatic carbocycles. The zero-order chi connectivity index (χ0) is 31.1. The summed E-state index contributed by atoms with van der Waals surface area (Å²) in [5.74, 6) is 1.88. The molecule has 3 aromatic rings. The second-order valence-electron chi connectivity index (χ2n) is 13.3. The lowest BCUT2D eigenvalue weighted by Crippen LogP contribution is -2.65. The van der Waals surface area contributed by atoms with Gasteiger partial charge in [0.2, 0.25) is 0 Å². The van der Waals surface area contributed by atoms with Gasteiger partial charge in [0, 0.05) is 87.7 Å². The summed E-state index contributed by atoms with van der Waals surface area (Å²) in [5, 5.41) is 11.5. The van der Waals surface area contributed by atoms with Crippen molar-refractivity contribution >= 4 is 24.1 Å². The Labute approximate surface area is 275 Å². The summed E-state index contributed by atoms with van der Waals surface area (Å²) < 4.78 is 27.0. The van der Waals surface area contributed by atoms with Crippen molar-refractivity contribution in [3.05, 3.63) is 59.4 Å². The van der Waals surface area contributed by atoms with Crippen LogP contribution in [0.3, 0.4) is 0 Å². The Balaban J connectivity index is 0.00000372. The molecule has 3 aliphatic heterocycles. The van der Waals surface area contributed by atoms with Crippen molar-refractivity contribution in [2.75, 3.05) is 50.7 Å². The smallest absolute Gasteiger partial charge is 0.282 e. The maximum Gasteiger partial charge on any atom is 0.282 e. The van der Waals surface area contributed by atoms with Crippen LogP contribution in [0.15, 0.2) is 36.8 Å². The molecule has 5 heterocycles. The molecule has 4 aliphatic rings. The predicted molar refractivity (Wildman–Crippen MR) is 173 cm³/mol. The van der Waals surface area contributed by atoms with E-state index in [1.165, 1.54) is 35.8 Å². The minimum absolute atomic E-state index is 0. The highest BCUT2D eigenvalue weighted by Crippen LogP contribution is 2.52. The van der Waals surface area contributed by atoms with Gasteiger partial charge in [0.1, 0.15) is 29.7 Å². The van der Waals surface area contributed by atoms with Crippen molar-refractivity contribution in [2.24, 2.45) is 11.3 Å². The third-order valence-corrected chi connectivity index (χ3v) is 9.67. The quantitative estimate of drug-likeness (QED) is 0.344. The fourth-order valence-electron chi connectivity index (χ4n) is 7.22. The second kappa shape index (κ2) is 13.2. The van der Waals surface area contributed by atoms with E-state index < -0.39 is 5.82 Å². The largest absolute Gasteiger partial charge is 0.490 e. The predicted octanol–water partition coefficient (Wildman–Crippen LogP) is 4.12. The van der Waals surface area contributed by atoms with Crippen molar-refractivity contribution in [3.8, 4) is 17.4 Å². The van der Waals surface area contributed by atoms with Crippen LogP contribution in [0.4, 0.5) is 10.2 Å². The van der Waals surface area contributed by atoms with Gasteiger partial charge in [-0.3, -0.25) is 14.7 Å². The number of hydrogen-bond donors (Lipinski definition) is 1. The molecular weight excluding hydrogens is 611 g/mol. The van der Waals surface area contributed by atoms with Gasteiger partial charge in [-0.05, 0) is 63.8 Å². The molecule has 2 saturated heterocycles. The molecule has 46 heavy (non-hydrogen) atoms. The minimum atomic E-state index is -0.509. The van der Waals surface area contributed by atoms with Gasteiger partial charge >= 0.3 is 0 Å². The molecule has 1 aliphatic carbocycles. The van der Waals surface area contributed by atoms with Crippen LogP contribution in [0.1, 0.15) is 55.2 Å². The number of aromatic nitrogens is 4. The first kappa shape index (κ1) is 32.3. The summed E-state index contributed by atoms with van der Waals surface area (Å²) in [4.78, 5) is 28.8. The summed E-state index contributed by atoms with van der Waals surface area (Å²) in [6, 6.07) is 5.92. The number of benzene rings is 1. The first-order chi connectivity index (χ1) is 21.8. The van der Waals surface area contributed by atoms with Crippen LogP contribution in [-0.4, -0.2) is 93.8 Å². The lowest BCUT2D eigenvalue weighted by molar-refractivity contribution is -0.0353. The van der Waals surface area contributed by atoms with Crippen LogP contribution >= 0.6 is 12.4 Å². The Bertz CT molecular complexity index is 1560. The third kappa shape index (κ3) is 6.34. The number of rotatable bonds is 10. The number of fused-ring (bicyclic) bond motifs is 1. The minimum Gasteiger partial charge on any atom is -0.490 e. The number of hydrogen-bond acceptors (Lipinski definition) is 10. The van der Waals surface area contributed by atoms with E-state index >= 15 is 0 Å². The number of carbonyl (C=O) groups excluding carboxylic acids is 1. The van der Waals surface area contributed by atoms with Gasteiger partial charge in [0.25, 0.3) is 11.8 Å². The first-order valence-corrected chi connectivity index (χ1v) is 16.1.